The molecule has 1 amide bonds. The summed E-state index contributed by atoms with van der Waals surface area (Å²) >= 11 is 1.77. The van der Waals surface area contributed by atoms with Gasteiger partial charge in [-0.3, -0.25) is 4.79 Å². The number of nitrogens with zero attached hydrogens (tertiary/aromatic N) is 2. The number of hydrogen-bond donors (Lipinski definition) is 1. The Balaban J connectivity index is 1.40. The van der Waals surface area contributed by atoms with Crippen LogP contribution in [0.3, 0.4) is 0 Å². The second-order valence-electron chi connectivity index (χ2n) is 7.33. The van der Waals surface area contributed by atoms with Gasteiger partial charge in [-0.1, -0.05) is 13.8 Å². The number of rotatable bonds is 7. The van der Waals surface area contributed by atoms with E-state index in [1.165, 1.54) is 23.5 Å². The normalized spacial score (nSPS) is 22.7. The average molecular weight is 336 g/mol. The predicted octanol–water partition coefficient (Wildman–Crippen LogP) is 3.19. The zero-order valence-electron chi connectivity index (χ0n) is 14.4. The standard InChI is InChI=1S/C18H29N3OS/c1-13(2)16-12-23-17(20-16)7-9-19-15-5-6-18(22)21(10-8-15)11-14-3-4-14/h12-15,19H,3-11H2,1-2H3. The second kappa shape index (κ2) is 7.75. The molecule has 1 aromatic heterocycles. The van der Waals surface area contributed by atoms with Crippen molar-refractivity contribution in [1.82, 2.24) is 15.2 Å². The summed E-state index contributed by atoms with van der Waals surface area (Å²) in [7, 11) is 0. The molecule has 4 nitrogen and oxygen atoms in total. The Morgan fingerprint density at radius 3 is 2.87 bits per heavy atom. The molecular weight excluding hydrogens is 306 g/mol. The number of carbonyl (C=O) groups is 1. The van der Waals surface area contributed by atoms with Crippen molar-refractivity contribution in [2.45, 2.75) is 64.3 Å². The van der Waals surface area contributed by atoms with Crippen molar-refractivity contribution in [3.05, 3.63) is 16.1 Å². The molecule has 1 unspecified atom stereocenters. The van der Waals surface area contributed by atoms with Crippen LogP contribution in [0.25, 0.3) is 0 Å². The minimum Gasteiger partial charge on any atom is -0.342 e. The summed E-state index contributed by atoms with van der Waals surface area (Å²) in [4.78, 5) is 19.0. The molecule has 128 valence electrons. The van der Waals surface area contributed by atoms with Gasteiger partial charge in [0.1, 0.15) is 0 Å². The largest absolute Gasteiger partial charge is 0.342 e. The fourth-order valence-corrected chi connectivity index (χ4v) is 4.09. The average Bonchev–Trinajstić information content (AvgIpc) is 3.25. The van der Waals surface area contributed by atoms with E-state index >= 15 is 0 Å². The zero-order valence-corrected chi connectivity index (χ0v) is 15.2. The Kier molecular flexibility index (Phi) is 5.70. The van der Waals surface area contributed by atoms with E-state index in [0.29, 0.717) is 24.3 Å². The Labute approximate surface area is 143 Å². The number of likely N-dealkylation sites (tertiary alicyclic amines) is 1. The van der Waals surface area contributed by atoms with Gasteiger partial charge in [-0.05, 0) is 37.5 Å². The molecule has 2 aliphatic rings. The molecule has 2 heterocycles. The maximum atomic E-state index is 12.2. The summed E-state index contributed by atoms with van der Waals surface area (Å²) in [6.45, 7) is 7.27. The molecule has 0 aromatic carbocycles. The molecule has 1 saturated heterocycles. The minimum absolute atomic E-state index is 0.364. The first kappa shape index (κ1) is 16.9. The smallest absolute Gasteiger partial charge is 0.222 e. The number of thiazole rings is 1. The maximum Gasteiger partial charge on any atom is 0.222 e. The SMILES string of the molecule is CC(C)c1csc(CCNC2CCC(=O)N(CC3CC3)CC2)n1. The third-order valence-electron chi connectivity index (χ3n) is 4.92. The van der Waals surface area contributed by atoms with Crippen molar-refractivity contribution in [2.75, 3.05) is 19.6 Å². The van der Waals surface area contributed by atoms with Gasteiger partial charge in [0.25, 0.3) is 0 Å². The summed E-state index contributed by atoms with van der Waals surface area (Å²) < 4.78 is 0. The van der Waals surface area contributed by atoms with E-state index in [9.17, 15) is 4.79 Å². The Morgan fingerprint density at radius 2 is 2.17 bits per heavy atom. The van der Waals surface area contributed by atoms with Crippen LogP contribution in [0, 0.1) is 5.92 Å². The third-order valence-corrected chi connectivity index (χ3v) is 5.84. The van der Waals surface area contributed by atoms with Gasteiger partial charge in [0.05, 0.1) is 10.7 Å². The lowest BCUT2D eigenvalue weighted by molar-refractivity contribution is -0.130. The van der Waals surface area contributed by atoms with Crippen LogP contribution in [-0.4, -0.2) is 41.5 Å². The van der Waals surface area contributed by atoms with Crippen molar-refractivity contribution in [2.24, 2.45) is 5.92 Å². The van der Waals surface area contributed by atoms with Crippen LogP contribution in [-0.2, 0) is 11.2 Å². The Morgan fingerprint density at radius 1 is 1.35 bits per heavy atom. The van der Waals surface area contributed by atoms with Crippen molar-refractivity contribution >= 4 is 17.2 Å². The van der Waals surface area contributed by atoms with E-state index in [1.54, 1.807) is 11.3 Å². The van der Waals surface area contributed by atoms with Crippen LogP contribution in [0.15, 0.2) is 5.38 Å². The first-order chi connectivity index (χ1) is 11.1. The predicted molar refractivity (Wildman–Crippen MR) is 94.9 cm³/mol. The molecule has 0 spiro atoms. The van der Waals surface area contributed by atoms with Gasteiger partial charge in [0, 0.05) is 43.9 Å². The van der Waals surface area contributed by atoms with Gasteiger partial charge in [-0.2, -0.15) is 0 Å². The van der Waals surface area contributed by atoms with E-state index in [0.717, 1.165) is 44.8 Å². The van der Waals surface area contributed by atoms with Crippen molar-refractivity contribution in [3.8, 4) is 0 Å². The van der Waals surface area contributed by atoms with E-state index < -0.39 is 0 Å². The van der Waals surface area contributed by atoms with E-state index in [-0.39, 0.29) is 0 Å². The molecule has 3 rings (SSSR count). The summed E-state index contributed by atoms with van der Waals surface area (Å²) in [5.41, 5.74) is 1.21. The molecule has 0 radical (unpaired) electrons. The molecule has 0 bridgehead atoms. The van der Waals surface area contributed by atoms with E-state index in [4.69, 9.17) is 4.98 Å². The molecule has 1 aliphatic carbocycles. The van der Waals surface area contributed by atoms with Crippen LogP contribution in [0.5, 0.6) is 0 Å². The molecular formula is C18H29N3OS. The lowest BCUT2D eigenvalue weighted by Gasteiger charge is -2.20. The van der Waals surface area contributed by atoms with Crippen molar-refractivity contribution in [3.63, 3.8) is 0 Å². The zero-order chi connectivity index (χ0) is 16.2. The first-order valence-electron chi connectivity index (χ1n) is 9.07. The van der Waals surface area contributed by atoms with Gasteiger partial charge in [0.2, 0.25) is 5.91 Å². The lowest BCUT2D eigenvalue weighted by Crippen LogP contribution is -2.34. The summed E-state index contributed by atoms with van der Waals surface area (Å²) in [6.07, 6.45) is 6.41. The topological polar surface area (TPSA) is 45.2 Å². The molecule has 1 aromatic rings. The Hall–Kier alpha value is -0.940. The molecule has 1 N–H and O–H groups in total. The van der Waals surface area contributed by atoms with Gasteiger partial charge in [-0.25, -0.2) is 4.98 Å². The molecule has 1 saturated carbocycles. The van der Waals surface area contributed by atoms with Gasteiger partial charge in [-0.15, -0.1) is 11.3 Å². The summed E-state index contributed by atoms with van der Waals surface area (Å²) in [6, 6.07) is 0.479. The van der Waals surface area contributed by atoms with E-state index in [2.05, 4.69) is 29.4 Å². The monoisotopic (exact) mass is 335 g/mol. The first-order valence-corrected chi connectivity index (χ1v) is 9.95. The summed E-state index contributed by atoms with van der Waals surface area (Å²) in [5, 5.41) is 7.05. The van der Waals surface area contributed by atoms with Gasteiger partial charge < -0.3 is 10.2 Å². The van der Waals surface area contributed by atoms with Gasteiger partial charge >= 0.3 is 0 Å². The molecule has 2 fully saturated rings. The molecule has 1 aliphatic heterocycles. The fourth-order valence-electron chi connectivity index (χ4n) is 3.13. The van der Waals surface area contributed by atoms with E-state index in [1.807, 2.05) is 0 Å². The van der Waals surface area contributed by atoms with Crippen LogP contribution >= 0.6 is 11.3 Å². The number of nitrogens with one attached hydrogen (secondary N) is 1. The highest BCUT2D eigenvalue weighted by molar-refractivity contribution is 7.09. The number of carbonyl (C=O) groups excluding carboxylic acids is 1. The van der Waals surface area contributed by atoms with Gasteiger partial charge in [0.15, 0.2) is 0 Å². The number of aromatic nitrogens is 1. The quantitative estimate of drug-likeness (QED) is 0.832. The molecule has 5 heteroatoms. The highest BCUT2D eigenvalue weighted by atomic mass is 32.1. The number of hydrogen-bond acceptors (Lipinski definition) is 4. The molecule has 23 heavy (non-hydrogen) atoms. The fraction of sp³-hybridized carbons (Fsp3) is 0.778. The minimum atomic E-state index is 0.364. The summed E-state index contributed by atoms with van der Waals surface area (Å²) in [5.74, 6) is 1.67. The van der Waals surface area contributed by atoms with Crippen LogP contribution in [0.4, 0.5) is 0 Å². The lowest BCUT2D eigenvalue weighted by atomic mass is 10.1. The maximum absolute atomic E-state index is 12.2. The molecule has 1 atom stereocenters. The van der Waals surface area contributed by atoms with Crippen molar-refractivity contribution < 1.29 is 4.79 Å². The Bertz CT molecular complexity index is 524. The number of amides is 1. The van der Waals surface area contributed by atoms with Crippen LogP contribution in [0.1, 0.15) is 62.6 Å². The van der Waals surface area contributed by atoms with Crippen LogP contribution in [0.2, 0.25) is 0 Å². The van der Waals surface area contributed by atoms with Crippen LogP contribution < -0.4 is 5.32 Å². The second-order valence-corrected chi connectivity index (χ2v) is 8.27. The highest BCUT2D eigenvalue weighted by Crippen LogP contribution is 2.30. The van der Waals surface area contributed by atoms with Crippen molar-refractivity contribution in [1.29, 1.82) is 0 Å². The highest BCUT2D eigenvalue weighted by Gasteiger charge is 2.28. The third kappa shape index (κ3) is 5.01.